The van der Waals surface area contributed by atoms with Crippen molar-refractivity contribution in [3.63, 3.8) is 0 Å². The van der Waals surface area contributed by atoms with Crippen LogP contribution in [-0.4, -0.2) is 19.6 Å². The van der Waals surface area contributed by atoms with E-state index in [-0.39, 0.29) is 18.3 Å². The van der Waals surface area contributed by atoms with Crippen molar-refractivity contribution in [2.45, 2.75) is 6.54 Å². The number of benzene rings is 3. The topological polar surface area (TPSA) is 59.6 Å². The van der Waals surface area contributed by atoms with Crippen LogP contribution in [0.15, 0.2) is 66.7 Å². The van der Waals surface area contributed by atoms with E-state index in [4.69, 9.17) is 21.1 Å². The highest BCUT2D eigenvalue weighted by Crippen LogP contribution is 2.26. The Morgan fingerprint density at radius 2 is 1.69 bits per heavy atom. The molecular formula is C22H20ClFN2O3. The number of carbonyl (C=O) groups excluding carboxylic acids is 1. The zero-order valence-corrected chi connectivity index (χ0v) is 16.5. The first kappa shape index (κ1) is 20.5. The van der Waals surface area contributed by atoms with Crippen LogP contribution in [-0.2, 0) is 11.3 Å². The van der Waals surface area contributed by atoms with Crippen molar-refractivity contribution in [1.82, 2.24) is 0 Å². The fourth-order valence-corrected chi connectivity index (χ4v) is 2.82. The highest BCUT2D eigenvalue weighted by atomic mass is 35.5. The van der Waals surface area contributed by atoms with Gasteiger partial charge in [-0.15, -0.1) is 0 Å². The van der Waals surface area contributed by atoms with Crippen LogP contribution in [0, 0.1) is 5.82 Å². The molecule has 0 aliphatic rings. The molecule has 3 aromatic carbocycles. The average molecular weight is 415 g/mol. The minimum atomic E-state index is -0.368. The van der Waals surface area contributed by atoms with Gasteiger partial charge in [-0.05, 0) is 66.2 Å². The molecule has 150 valence electrons. The molecule has 5 nitrogen and oxygen atoms in total. The predicted octanol–water partition coefficient (Wildman–Crippen LogP) is 5.12. The summed E-state index contributed by atoms with van der Waals surface area (Å²) in [6.07, 6.45) is 0. The number of methoxy groups -OCH3 is 1. The van der Waals surface area contributed by atoms with Gasteiger partial charge >= 0.3 is 0 Å². The third-order valence-corrected chi connectivity index (χ3v) is 4.37. The number of ether oxygens (including phenoxy) is 2. The van der Waals surface area contributed by atoms with Gasteiger partial charge in [-0.2, -0.15) is 0 Å². The Balaban J connectivity index is 1.50. The van der Waals surface area contributed by atoms with E-state index >= 15 is 0 Å². The Kier molecular flexibility index (Phi) is 6.92. The SMILES string of the molecule is COc1ccc(NCc2ccc(OCC(=O)Nc3ccc(F)cc3)c(Cl)c2)cc1. The van der Waals surface area contributed by atoms with E-state index in [1.807, 2.05) is 30.3 Å². The van der Waals surface area contributed by atoms with Gasteiger partial charge in [0.15, 0.2) is 6.61 Å². The molecule has 2 N–H and O–H groups in total. The van der Waals surface area contributed by atoms with Crippen LogP contribution in [0.5, 0.6) is 11.5 Å². The highest BCUT2D eigenvalue weighted by molar-refractivity contribution is 6.32. The number of rotatable bonds is 8. The Hall–Kier alpha value is -3.25. The number of halogens is 2. The summed E-state index contributed by atoms with van der Waals surface area (Å²) in [6, 6.07) is 18.5. The van der Waals surface area contributed by atoms with Crippen molar-refractivity contribution in [3.8, 4) is 11.5 Å². The average Bonchev–Trinajstić information content (AvgIpc) is 2.73. The number of hydrogen-bond acceptors (Lipinski definition) is 4. The first-order valence-corrected chi connectivity index (χ1v) is 9.26. The van der Waals surface area contributed by atoms with Gasteiger partial charge in [0.2, 0.25) is 0 Å². The Morgan fingerprint density at radius 1 is 1.00 bits per heavy atom. The number of hydrogen-bond donors (Lipinski definition) is 2. The lowest BCUT2D eigenvalue weighted by atomic mass is 10.2. The third kappa shape index (κ3) is 6.12. The minimum Gasteiger partial charge on any atom is -0.497 e. The summed E-state index contributed by atoms with van der Waals surface area (Å²) in [4.78, 5) is 12.0. The van der Waals surface area contributed by atoms with Crippen LogP contribution in [0.3, 0.4) is 0 Å². The van der Waals surface area contributed by atoms with Crippen molar-refractivity contribution in [2.24, 2.45) is 0 Å². The van der Waals surface area contributed by atoms with E-state index in [0.717, 1.165) is 17.0 Å². The van der Waals surface area contributed by atoms with Gasteiger partial charge < -0.3 is 20.1 Å². The van der Waals surface area contributed by atoms with Crippen LogP contribution >= 0.6 is 11.6 Å². The van der Waals surface area contributed by atoms with Gasteiger partial charge in [0, 0.05) is 17.9 Å². The predicted molar refractivity (Wildman–Crippen MR) is 112 cm³/mol. The Bertz CT molecular complexity index is 963. The molecule has 0 spiro atoms. The molecule has 0 bridgehead atoms. The van der Waals surface area contributed by atoms with Crippen LogP contribution in [0.25, 0.3) is 0 Å². The molecule has 0 unspecified atom stereocenters. The van der Waals surface area contributed by atoms with Gasteiger partial charge in [-0.1, -0.05) is 17.7 Å². The standard InChI is InChI=1S/C22H20ClFN2O3/c1-28-19-9-7-17(8-10-19)25-13-15-2-11-21(20(23)12-15)29-14-22(27)26-18-5-3-16(24)4-6-18/h2-12,25H,13-14H2,1H3,(H,26,27). The van der Waals surface area contributed by atoms with E-state index in [9.17, 15) is 9.18 Å². The van der Waals surface area contributed by atoms with Crippen molar-refractivity contribution >= 4 is 28.9 Å². The van der Waals surface area contributed by atoms with E-state index in [1.165, 1.54) is 24.3 Å². The molecule has 3 aromatic rings. The van der Waals surface area contributed by atoms with E-state index in [1.54, 1.807) is 19.2 Å². The summed E-state index contributed by atoms with van der Waals surface area (Å²) in [7, 11) is 1.63. The van der Waals surface area contributed by atoms with Crippen molar-refractivity contribution < 1.29 is 18.7 Å². The molecule has 29 heavy (non-hydrogen) atoms. The minimum absolute atomic E-state index is 0.208. The molecule has 0 saturated carbocycles. The van der Waals surface area contributed by atoms with Crippen LogP contribution in [0.1, 0.15) is 5.56 Å². The van der Waals surface area contributed by atoms with Gasteiger partial charge in [0.25, 0.3) is 5.91 Å². The van der Waals surface area contributed by atoms with Crippen LogP contribution < -0.4 is 20.1 Å². The second kappa shape index (κ2) is 9.80. The second-order valence-corrected chi connectivity index (χ2v) is 6.60. The van der Waals surface area contributed by atoms with Gasteiger partial charge in [-0.3, -0.25) is 4.79 Å². The summed E-state index contributed by atoms with van der Waals surface area (Å²) in [5.41, 5.74) is 2.42. The number of carbonyl (C=O) groups is 1. The highest BCUT2D eigenvalue weighted by Gasteiger charge is 2.08. The first-order valence-electron chi connectivity index (χ1n) is 8.88. The molecule has 3 rings (SSSR count). The molecule has 1 amide bonds. The molecule has 0 atom stereocenters. The van der Waals surface area contributed by atoms with Crippen molar-refractivity contribution in [1.29, 1.82) is 0 Å². The molecule has 0 aliphatic heterocycles. The summed E-state index contributed by atoms with van der Waals surface area (Å²) in [5, 5.41) is 6.33. The first-order chi connectivity index (χ1) is 14.0. The molecule has 7 heteroatoms. The van der Waals surface area contributed by atoms with Gasteiger partial charge in [0.05, 0.1) is 12.1 Å². The fraction of sp³-hybridized carbons (Fsp3) is 0.136. The Morgan fingerprint density at radius 3 is 2.34 bits per heavy atom. The maximum atomic E-state index is 12.9. The smallest absolute Gasteiger partial charge is 0.262 e. The monoisotopic (exact) mass is 414 g/mol. The number of nitrogens with one attached hydrogen (secondary N) is 2. The zero-order valence-electron chi connectivity index (χ0n) is 15.7. The molecule has 0 fully saturated rings. The largest absolute Gasteiger partial charge is 0.497 e. The molecule has 0 radical (unpaired) electrons. The number of anilines is 2. The maximum absolute atomic E-state index is 12.9. The van der Waals surface area contributed by atoms with Crippen LogP contribution in [0.4, 0.5) is 15.8 Å². The van der Waals surface area contributed by atoms with E-state index in [0.29, 0.717) is 23.0 Å². The van der Waals surface area contributed by atoms with E-state index < -0.39 is 0 Å². The third-order valence-electron chi connectivity index (χ3n) is 4.07. The van der Waals surface area contributed by atoms with E-state index in [2.05, 4.69) is 10.6 Å². The summed E-state index contributed by atoms with van der Waals surface area (Å²) in [5.74, 6) is 0.475. The van der Waals surface area contributed by atoms with Crippen molar-refractivity contribution in [2.75, 3.05) is 24.4 Å². The maximum Gasteiger partial charge on any atom is 0.262 e. The summed E-state index contributed by atoms with van der Waals surface area (Å²) < 4.78 is 23.5. The lowest BCUT2D eigenvalue weighted by molar-refractivity contribution is -0.118. The van der Waals surface area contributed by atoms with Crippen molar-refractivity contribution in [3.05, 3.63) is 83.1 Å². The van der Waals surface area contributed by atoms with Gasteiger partial charge in [-0.25, -0.2) is 4.39 Å². The summed E-state index contributed by atoms with van der Waals surface area (Å²) in [6.45, 7) is 0.373. The molecule has 0 heterocycles. The summed E-state index contributed by atoms with van der Waals surface area (Å²) >= 11 is 6.27. The van der Waals surface area contributed by atoms with Gasteiger partial charge in [0.1, 0.15) is 17.3 Å². The molecule has 0 saturated heterocycles. The molecule has 0 aromatic heterocycles. The Labute approximate surface area is 173 Å². The quantitative estimate of drug-likeness (QED) is 0.537. The zero-order chi connectivity index (χ0) is 20.6. The fourth-order valence-electron chi connectivity index (χ4n) is 2.56. The lowest BCUT2D eigenvalue weighted by Gasteiger charge is -2.11. The van der Waals surface area contributed by atoms with Crippen LogP contribution in [0.2, 0.25) is 5.02 Å². The molecule has 0 aliphatic carbocycles. The second-order valence-electron chi connectivity index (χ2n) is 6.19. The normalized spacial score (nSPS) is 10.3. The lowest BCUT2D eigenvalue weighted by Crippen LogP contribution is -2.20. The number of amides is 1. The molecular weight excluding hydrogens is 395 g/mol.